The molecular weight excluding hydrogens is 212 g/mol. The first-order chi connectivity index (χ1) is 4.61. The number of rotatable bonds is 1. The van der Waals surface area contributed by atoms with Gasteiger partial charge >= 0.3 is 0 Å². The van der Waals surface area contributed by atoms with Gasteiger partial charge in [-0.1, -0.05) is 0 Å². The maximum absolute atomic E-state index is 10.9. The van der Waals surface area contributed by atoms with Gasteiger partial charge in [-0.3, -0.25) is 4.79 Å². The molecule has 0 fully saturated rings. The summed E-state index contributed by atoms with van der Waals surface area (Å²) in [5, 5.41) is 0. The topological polar surface area (TPSA) is 17.1 Å². The number of hydrogen-bond acceptors (Lipinski definition) is 2. The number of carbonyl (C=O) groups excluding carboxylic acids is 1. The minimum atomic E-state index is 0.138. The summed E-state index contributed by atoms with van der Waals surface area (Å²) in [4.78, 5) is 11.9. The molecule has 0 aliphatic carbocycles. The van der Waals surface area contributed by atoms with Gasteiger partial charge in [0.1, 0.15) is 0 Å². The van der Waals surface area contributed by atoms with Crippen LogP contribution < -0.4 is 0 Å². The van der Waals surface area contributed by atoms with Crippen molar-refractivity contribution in [3.63, 3.8) is 0 Å². The predicted molar refractivity (Wildman–Crippen MR) is 46.8 cm³/mol. The van der Waals surface area contributed by atoms with Crippen molar-refractivity contribution >= 4 is 33.0 Å². The molecule has 1 rings (SSSR count). The molecule has 1 nitrogen and oxygen atoms in total. The third kappa shape index (κ3) is 1.47. The summed E-state index contributed by atoms with van der Waals surface area (Å²) in [5.41, 5.74) is 0.830. The summed E-state index contributed by atoms with van der Waals surface area (Å²) in [7, 11) is 0. The zero-order chi connectivity index (χ0) is 7.72. The van der Waals surface area contributed by atoms with Crippen LogP contribution >= 0.6 is 27.3 Å². The molecule has 0 aliphatic heterocycles. The van der Waals surface area contributed by atoms with E-state index in [4.69, 9.17) is 0 Å². The molecule has 0 unspecified atom stereocenters. The Labute approximate surface area is 72.2 Å². The summed E-state index contributed by atoms with van der Waals surface area (Å²) in [6, 6.07) is 1.86. The van der Waals surface area contributed by atoms with Gasteiger partial charge in [0.25, 0.3) is 0 Å². The van der Waals surface area contributed by atoms with Crippen LogP contribution in [0.1, 0.15) is 22.2 Å². The second-order valence-electron chi connectivity index (χ2n) is 2.08. The standard InChI is InChI=1S/C7H7BrOS/c1-4(9)6-3-7(8)10-5(6)2/h3H,1-2H3. The zero-order valence-corrected chi connectivity index (χ0v) is 8.17. The van der Waals surface area contributed by atoms with Crippen LogP contribution in [0.15, 0.2) is 9.85 Å². The maximum atomic E-state index is 10.9. The van der Waals surface area contributed by atoms with E-state index in [0.717, 1.165) is 14.2 Å². The van der Waals surface area contributed by atoms with Crippen molar-refractivity contribution in [2.24, 2.45) is 0 Å². The van der Waals surface area contributed by atoms with Crippen molar-refractivity contribution in [2.45, 2.75) is 13.8 Å². The van der Waals surface area contributed by atoms with Gasteiger partial charge in [-0.25, -0.2) is 0 Å². The van der Waals surface area contributed by atoms with E-state index >= 15 is 0 Å². The fourth-order valence-electron chi connectivity index (χ4n) is 0.795. The zero-order valence-electron chi connectivity index (χ0n) is 5.77. The summed E-state index contributed by atoms with van der Waals surface area (Å²) >= 11 is 4.91. The highest BCUT2D eigenvalue weighted by Crippen LogP contribution is 2.26. The van der Waals surface area contributed by atoms with Crippen molar-refractivity contribution in [1.82, 2.24) is 0 Å². The molecule has 10 heavy (non-hydrogen) atoms. The number of thiophene rings is 1. The molecule has 0 amide bonds. The van der Waals surface area contributed by atoms with E-state index in [1.54, 1.807) is 18.3 Å². The fourth-order valence-corrected chi connectivity index (χ4v) is 2.53. The largest absolute Gasteiger partial charge is 0.294 e. The first kappa shape index (κ1) is 7.95. The van der Waals surface area contributed by atoms with Crippen LogP contribution in [0.4, 0.5) is 0 Å². The second kappa shape index (κ2) is 2.84. The van der Waals surface area contributed by atoms with Gasteiger partial charge < -0.3 is 0 Å². The Morgan fingerprint density at radius 2 is 2.30 bits per heavy atom. The molecule has 0 N–H and O–H groups in total. The lowest BCUT2D eigenvalue weighted by Crippen LogP contribution is -1.89. The lowest BCUT2D eigenvalue weighted by atomic mass is 10.2. The van der Waals surface area contributed by atoms with Gasteiger partial charge in [-0.05, 0) is 35.8 Å². The molecule has 0 atom stereocenters. The Morgan fingerprint density at radius 3 is 2.50 bits per heavy atom. The SMILES string of the molecule is CC(=O)c1cc(Br)sc1C. The Kier molecular flexibility index (Phi) is 2.26. The van der Waals surface area contributed by atoms with Crippen LogP contribution in [0.25, 0.3) is 0 Å². The number of ketones is 1. The van der Waals surface area contributed by atoms with Crippen molar-refractivity contribution < 1.29 is 4.79 Å². The van der Waals surface area contributed by atoms with Gasteiger partial charge in [0.15, 0.2) is 5.78 Å². The average molecular weight is 219 g/mol. The van der Waals surface area contributed by atoms with Crippen molar-refractivity contribution in [1.29, 1.82) is 0 Å². The van der Waals surface area contributed by atoms with Crippen LogP contribution in [0, 0.1) is 6.92 Å². The molecular formula is C7H7BrOS. The lowest BCUT2D eigenvalue weighted by Gasteiger charge is -1.87. The minimum absolute atomic E-state index is 0.138. The summed E-state index contributed by atoms with van der Waals surface area (Å²) < 4.78 is 1.02. The second-order valence-corrected chi connectivity index (χ2v) is 4.71. The number of hydrogen-bond donors (Lipinski definition) is 0. The first-order valence-corrected chi connectivity index (χ1v) is 4.49. The van der Waals surface area contributed by atoms with Crippen LogP contribution in [0.2, 0.25) is 0 Å². The molecule has 0 saturated heterocycles. The molecule has 1 heterocycles. The highest BCUT2D eigenvalue weighted by molar-refractivity contribution is 9.11. The third-order valence-corrected chi connectivity index (χ3v) is 2.82. The number of aryl methyl sites for hydroxylation is 1. The van der Waals surface area contributed by atoms with Gasteiger partial charge in [0.2, 0.25) is 0 Å². The van der Waals surface area contributed by atoms with Gasteiger partial charge in [0, 0.05) is 10.4 Å². The molecule has 3 heteroatoms. The summed E-state index contributed by atoms with van der Waals surface area (Å²) in [6.07, 6.45) is 0. The Hall–Kier alpha value is -0.150. The third-order valence-electron chi connectivity index (χ3n) is 1.27. The quantitative estimate of drug-likeness (QED) is 0.663. The Morgan fingerprint density at radius 1 is 1.70 bits per heavy atom. The normalized spacial score (nSPS) is 9.90. The van der Waals surface area contributed by atoms with Gasteiger partial charge in [-0.2, -0.15) is 0 Å². The number of halogens is 1. The molecule has 0 radical (unpaired) electrons. The fraction of sp³-hybridized carbons (Fsp3) is 0.286. The number of Topliss-reactive ketones (excluding diaryl/α,β-unsaturated/α-hetero) is 1. The summed E-state index contributed by atoms with van der Waals surface area (Å²) in [5.74, 6) is 0.138. The first-order valence-electron chi connectivity index (χ1n) is 2.88. The predicted octanol–water partition coefficient (Wildman–Crippen LogP) is 3.02. The minimum Gasteiger partial charge on any atom is -0.294 e. The Balaban J connectivity index is 3.15. The van der Waals surface area contributed by atoms with E-state index in [2.05, 4.69) is 15.9 Å². The van der Waals surface area contributed by atoms with E-state index in [9.17, 15) is 4.79 Å². The highest BCUT2D eigenvalue weighted by Gasteiger charge is 2.06. The van der Waals surface area contributed by atoms with Crippen LogP contribution in [-0.4, -0.2) is 5.78 Å². The van der Waals surface area contributed by atoms with Crippen LogP contribution in [0.3, 0.4) is 0 Å². The molecule has 0 bridgehead atoms. The van der Waals surface area contributed by atoms with Crippen molar-refractivity contribution in [3.8, 4) is 0 Å². The van der Waals surface area contributed by atoms with Gasteiger partial charge in [-0.15, -0.1) is 11.3 Å². The van der Waals surface area contributed by atoms with E-state index in [0.29, 0.717) is 0 Å². The van der Waals surface area contributed by atoms with Crippen LogP contribution in [0.5, 0.6) is 0 Å². The molecule has 0 aromatic carbocycles. The molecule has 54 valence electrons. The summed E-state index contributed by atoms with van der Waals surface area (Å²) in [6.45, 7) is 3.54. The molecule has 0 saturated carbocycles. The molecule has 1 aromatic heterocycles. The Bertz CT molecular complexity index is 265. The smallest absolute Gasteiger partial charge is 0.160 e. The molecule has 0 spiro atoms. The lowest BCUT2D eigenvalue weighted by molar-refractivity contribution is 0.101. The monoisotopic (exact) mass is 218 g/mol. The average Bonchev–Trinajstić information content (AvgIpc) is 2.10. The van der Waals surface area contributed by atoms with E-state index in [1.807, 2.05) is 13.0 Å². The van der Waals surface area contributed by atoms with Crippen molar-refractivity contribution in [2.75, 3.05) is 0 Å². The molecule has 1 aromatic rings. The van der Waals surface area contributed by atoms with E-state index < -0.39 is 0 Å². The van der Waals surface area contributed by atoms with E-state index in [1.165, 1.54) is 0 Å². The van der Waals surface area contributed by atoms with E-state index in [-0.39, 0.29) is 5.78 Å². The number of carbonyl (C=O) groups is 1. The maximum Gasteiger partial charge on any atom is 0.160 e. The van der Waals surface area contributed by atoms with Gasteiger partial charge in [0.05, 0.1) is 3.79 Å². The van der Waals surface area contributed by atoms with Crippen LogP contribution in [-0.2, 0) is 0 Å². The molecule has 0 aliphatic rings. The van der Waals surface area contributed by atoms with Crippen molar-refractivity contribution in [3.05, 3.63) is 20.3 Å². The highest BCUT2D eigenvalue weighted by atomic mass is 79.9.